The van der Waals surface area contributed by atoms with E-state index in [1.807, 2.05) is 26.0 Å². The highest BCUT2D eigenvalue weighted by Gasteiger charge is 2.20. The van der Waals surface area contributed by atoms with E-state index < -0.39 is 0 Å². The summed E-state index contributed by atoms with van der Waals surface area (Å²) >= 11 is 0. The summed E-state index contributed by atoms with van der Waals surface area (Å²) in [6.45, 7) is 5.70. The summed E-state index contributed by atoms with van der Waals surface area (Å²) in [7, 11) is 1.69. The van der Waals surface area contributed by atoms with Gasteiger partial charge in [-0.05, 0) is 50.8 Å². The molecule has 0 aromatic heterocycles. The molecule has 0 bridgehead atoms. The Labute approximate surface area is 126 Å². The van der Waals surface area contributed by atoms with Crippen LogP contribution in [0.2, 0.25) is 0 Å². The summed E-state index contributed by atoms with van der Waals surface area (Å²) in [4.78, 5) is 0. The van der Waals surface area contributed by atoms with Gasteiger partial charge >= 0.3 is 0 Å². The van der Waals surface area contributed by atoms with Crippen LogP contribution in [0.3, 0.4) is 0 Å². The fourth-order valence-electron chi connectivity index (χ4n) is 2.00. The van der Waals surface area contributed by atoms with E-state index >= 15 is 0 Å². The molecule has 2 rings (SSSR count). The Bertz CT molecular complexity index is 458. The molecule has 0 saturated heterocycles. The molecule has 1 aliphatic carbocycles. The summed E-state index contributed by atoms with van der Waals surface area (Å²) in [6.07, 6.45) is 3.30. The molecule has 118 valence electrons. The summed E-state index contributed by atoms with van der Waals surface area (Å²) in [5, 5.41) is 3.43. The molecule has 1 aliphatic rings. The van der Waals surface area contributed by atoms with Crippen LogP contribution in [-0.4, -0.2) is 25.4 Å². The number of hydrogen-bond acceptors (Lipinski definition) is 3. The highest BCUT2D eigenvalue weighted by Crippen LogP contribution is 2.20. The first-order chi connectivity index (χ1) is 10.00. The topological polar surface area (TPSA) is 30.5 Å². The van der Waals surface area contributed by atoms with E-state index in [0.29, 0.717) is 24.8 Å². The first-order valence-corrected chi connectivity index (χ1v) is 7.64. The second kappa shape index (κ2) is 7.34. The summed E-state index contributed by atoms with van der Waals surface area (Å²) in [5.74, 6) is -0.198. The summed E-state index contributed by atoms with van der Waals surface area (Å²) < 4.78 is 24.7. The Morgan fingerprint density at radius 2 is 2.10 bits per heavy atom. The molecule has 3 nitrogen and oxygen atoms in total. The quantitative estimate of drug-likeness (QED) is 0.708. The van der Waals surface area contributed by atoms with Crippen LogP contribution in [0.4, 0.5) is 4.39 Å². The van der Waals surface area contributed by atoms with Crippen LogP contribution in [0.1, 0.15) is 44.2 Å². The van der Waals surface area contributed by atoms with E-state index in [4.69, 9.17) is 9.47 Å². The zero-order chi connectivity index (χ0) is 15.3. The number of ether oxygens (including phenoxy) is 2. The van der Waals surface area contributed by atoms with Gasteiger partial charge in [0.2, 0.25) is 0 Å². The third-order valence-corrected chi connectivity index (χ3v) is 3.94. The monoisotopic (exact) mass is 295 g/mol. The number of hydrogen-bond donors (Lipinski definition) is 1. The SMILES string of the molecule is COC(C)(C)CCOCc1cc(CNC2CC2)ccc1F. The van der Waals surface area contributed by atoms with Crippen LogP contribution >= 0.6 is 0 Å². The van der Waals surface area contributed by atoms with Crippen molar-refractivity contribution in [3.8, 4) is 0 Å². The first kappa shape index (κ1) is 16.4. The molecule has 0 unspecified atom stereocenters. The standard InChI is InChI=1S/C17H26FNO2/c1-17(2,20-3)8-9-21-12-14-10-13(4-7-16(14)18)11-19-15-5-6-15/h4,7,10,15,19H,5-6,8-9,11-12H2,1-3H3. The molecule has 0 atom stereocenters. The van der Waals surface area contributed by atoms with Crippen LogP contribution in [0.15, 0.2) is 18.2 Å². The van der Waals surface area contributed by atoms with Crippen molar-refractivity contribution < 1.29 is 13.9 Å². The zero-order valence-electron chi connectivity index (χ0n) is 13.2. The lowest BCUT2D eigenvalue weighted by Gasteiger charge is -2.22. The molecule has 1 saturated carbocycles. The predicted octanol–water partition coefficient (Wildman–Crippen LogP) is 3.41. The highest BCUT2D eigenvalue weighted by atomic mass is 19.1. The van der Waals surface area contributed by atoms with Gasteiger partial charge in [0.1, 0.15) is 5.82 Å². The van der Waals surface area contributed by atoms with E-state index in [0.717, 1.165) is 18.5 Å². The van der Waals surface area contributed by atoms with Crippen LogP contribution in [0.25, 0.3) is 0 Å². The minimum Gasteiger partial charge on any atom is -0.379 e. The van der Waals surface area contributed by atoms with Gasteiger partial charge < -0.3 is 14.8 Å². The van der Waals surface area contributed by atoms with Crippen LogP contribution in [0, 0.1) is 5.82 Å². The molecule has 1 N–H and O–H groups in total. The van der Waals surface area contributed by atoms with E-state index in [2.05, 4.69) is 5.32 Å². The second-order valence-corrected chi connectivity index (χ2v) is 6.35. The average Bonchev–Trinajstić information content (AvgIpc) is 3.28. The molecule has 0 radical (unpaired) electrons. The number of nitrogens with one attached hydrogen (secondary N) is 1. The van der Waals surface area contributed by atoms with Crippen LogP contribution in [-0.2, 0) is 22.6 Å². The minimum absolute atomic E-state index is 0.198. The third-order valence-electron chi connectivity index (χ3n) is 3.94. The van der Waals surface area contributed by atoms with Crippen molar-refractivity contribution in [2.24, 2.45) is 0 Å². The van der Waals surface area contributed by atoms with Crippen molar-refractivity contribution in [1.29, 1.82) is 0 Å². The average molecular weight is 295 g/mol. The van der Waals surface area contributed by atoms with Gasteiger partial charge in [0.25, 0.3) is 0 Å². The Kier molecular flexibility index (Phi) is 5.73. The Balaban J connectivity index is 1.79. The summed E-state index contributed by atoms with van der Waals surface area (Å²) in [6, 6.07) is 5.92. The van der Waals surface area contributed by atoms with E-state index in [1.165, 1.54) is 18.9 Å². The molecule has 0 aliphatic heterocycles. The van der Waals surface area contributed by atoms with Crippen molar-refractivity contribution in [2.75, 3.05) is 13.7 Å². The highest BCUT2D eigenvalue weighted by molar-refractivity contribution is 5.24. The summed E-state index contributed by atoms with van der Waals surface area (Å²) in [5.41, 5.74) is 1.54. The largest absolute Gasteiger partial charge is 0.379 e. The lowest BCUT2D eigenvalue weighted by Crippen LogP contribution is -2.24. The zero-order valence-corrected chi connectivity index (χ0v) is 13.2. The minimum atomic E-state index is -0.200. The number of methoxy groups -OCH3 is 1. The van der Waals surface area contributed by atoms with Crippen molar-refractivity contribution in [2.45, 2.75) is 57.9 Å². The van der Waals surface area contributed by atoms with Gasteiger partial charge in [-0.2, -0.15) is 0 Å². The second-order valence-electron chi connectivity index (χ2n) is 6.35. The third kappa shape index (κ3) is 5.73. The number of benzene rings is 1. The van der Waals surface area contributed by atoms with Gasteiger partial charge in [0, 0.05) is 31.9 Å². The van der Waals surface area contributed by atoms with Gasteiger partial charge in [-0.25, -0.2) is 4.39 Å². The van der Waals surface area contributed by atoms with Crippen molar-refractivity contribution in [3.05, 3.63) is 35.1 Å². The molecular weight excluding hydrogens is 269 g/mol. The van der Waals surface area contributed by atoms with Gasteiger partial charge in [-0.3, -0.25) is 0 Å². The van der Waals surface area contributed by atoms with Crippen LogP contribution < -0.4 is 5.32 Å². The first-order valence-electron chi connectivity index (χ1n) is 7.64. The lowest BCUT2D eigenvalue weighted by atomic mass is 10.1. The molecule has 21 heavy (non-hydrogen) atoms. The lowest BCUT2D eigenvalue weighted by molar-refractivity contribution is -0.0127. The molecule has 4 heteroatoms. The fourth-order valence-corrected chi connectivity index (χ4v) is 2.00. The van der Waals surface area contributed by atoms with E-state index in [1.54, 1.807) is 7.11 Å². The normalized spacial score (nSPS) is 15.4. The molecule has 0 amide bonds. The number of halogens is 1. The Morgan fingerprint density at radius 3 is 2.76 bits per heavy atom. The number of rotatable bonds is 9. The van der Waals surface area contributed by atoms with Crippen molar-refractivity contribution in [3.63, 3.8) is 0 Å². The molecule has 0 heterocycles. The molecule has 1 aromatic carbocycles. The molecule has 0 spiro atoms. The fraction of sp³-hybridized carbons (Fsp3) is 0.647. The maximum Gasteiger partial charge on any atom is 0.128 e. The molecule has 1 aromatic rings. The maximum atomic E-state index is 13.8. The Hall–Kier alpha value is -0.970. The smallest absolute Gasteiger partial charge is 0.128 e. The Morgan fingerprint density at radius 1 is 1.33 bits per heavy atom. The maximum absolute atomic E-state index is 13.8. The van der Waals surface area contributed by atoms with E-state index in [-0.39, 0.29) is 11.4 Å². The predicted molar refractivity (Wildman–Crippen MR) is 81.6 cm³/mol. The van der Waals surface area contributed by atoms with Gasteiger partial charge in [-0.15, -0.1) is 0 Å². The van der Waals surface area contributed by atoms with Crippen molar-refractivity contribution in [1.82, 2.24) is 5.32 Å². The van der Waals surface area contributed by atoms with Crippen LogP contribution in [0.5, 0.6) is 0 Å². The van der Waals surface area contributed by atoms with Gasteiger partial charge in [-0.1, -0.05) is 6.07 Å². The molecular formula is C17H26FNO2. The van der Waals surface area contributed by atoms with Crippen molar-refractivity contribution >= 4 is 0 Å². The van der Waals surface area contributed by atoms with Gasteiger partial charge in [0.15, 0.2) is 0 Å². The van der Waals surface area contributed by atoms with E-state index in [9.17, 15) is 4.39 Å². The van der Waals surface area contributed by atoms with Gasteiger partial charge in [0.05, 0.1) is 12.2 Å². The molecule has 1 fully saturated rings.